The molecule has 1 amide bonds. The summed E-state index contributed by atoms with van der Waals surface area (Å²) in [6.45, 7) is 5.73. The maximum atomic E-state index is 12.0. The number of hydrogen-bond acceptors (Lipinski definition) is 2. The van der Waals surface area contributed by atoms with Crippen LogP contribution in [0.1, 0.15) is 31.4 Å². The molecule has 0 unspecified atom stereocenters. The third-order valence-corrected chi connectivity index (χ3v) is 3.36. The molecule has 1 heterocycles. The molecule has 0 atom stereocenters. The van der Waals surface area contributed by atoms with Crippen LogP contribution in [0.5, 0.6) is 5.75 Å². The molecule has 18 heavy (non-hydrogen) atoms. The van der Waals surface area contributed by atoms with Crippen LogP contribution in [0.4, 0.5) is 0 Å². The van der Waals surface area contributed by atoms with Gasteiger partial charge in [0.05, 0.1) is 7.11 Å². The molecule has 1 aliphatic rings. The number of amides is 1. The van der Waals surface area contributed by atoms with Gasteiger partial charge in [0.15, 0.2) is 0 Å². The number of benzene rings is 1. The van der Waals surface area contributed by atoms with Gasteiger partial charge in [-0.15, -0.1) is 0 Å². The van der Waals surface area contributed by atoms with Gasteiger partial charge in [0.25, 0.3) is 0 Å². The first-order valence-corrected chi connectivity index (χ1v) is 6.53. The van der Waals surface area contributed by atoms with E-state index >= 15 is 0 Å². The second kappa shape index (κ2) is 5.42. The number of carbonyl (C=O) groups excluding carboxylic acids is 1. The Kier molecular flexibility index (Phi) is 3.90. The van der Waals surface area contributed by atoms with Gasteiger partial charge in [-0.1, -0.05) is 19.9 Å². The topological polar surface area (TPSA) is 29.5 Å². The van der Waals surface area contributed by atoms with Gasteiger partial charge in [0.1, 0.15) is 5.75 Å². The lowest BCUT2D eigenvalue weighted by molar-refractivity contribution is -0.132. The van der Waals surface area contributed by atoms with E-state index in [1.807, 2.05) is 11.0 Å². The summed E-state index contributed by atoms with van der Waals surface area (Å²) in [4.78, 5) is 14.0. The lowest BCUT2D eigenvalue weighted by atomic mass is 9.98. The Morgan fingerprint density at radius 3 is 2.83 bits per heavy atom. The summed E-state index contributed by atoms with van der Waals surface area (Å²) in [6, 6.07) is 6.12. The molecule has 0 fully saturated rings. The minimum atomic E-state index is 0.270. The fourth-order valence-corrected chi connectivity index (χ4v) is 2.35. The van der Waals surface area contributed by atoms with Gasteiger partial charge in [-0.05, 0) is 35.6 Å². The fourth-order valence-electron chi connectivity index (χ4n) is 2.35. The zero-order valence-electron chi connectivity index (χ0n) is 11.4. The van der Waals surface area contributed by atoms with E-state index in [2.05, 4.69) is 26.0 Å². The Morgan fingerprint density at radius 2 is 2.17 bits per heavy atom. The maximum absolute atomic E-state index is 12.0. The average molecular weight is 247 g/mol. The molecule has 0 saturated carbocycles. The van der Waals surface area contributed by atoms with Crippen molar-refractivity contribution in [2.24, 2.45) is 5.92 Å². The number of nitrogens with zero attached hydrogens (tertiary/aromatic N) is 1. The lowest BCUT2D eigenvalue weighted by Gasteiger charge is -2.29. The van der Waals surface area contributed by atoms with E-state index in [0.29, 0.717) is 12.3 Å². The summed E-state index contributed by atoms with van der Waals surface area (Å²) in [5.74, 6) is 1.59. The molecule has 0 spiro atoms. The molecular weight excluding hydrogens is 226 g/mol. The van der Waals surface area contributed by atoms with Gasteiger partial charge in [0.2, 0.25) is 5.91 Å². The molecule has 3 nitrogen and oxygen atoms in total. The van der Waals surface area contributed by atoms with Crippen molar-refractivity contribution in [1.82, 2.24) is 4.90 Å². The Labute approximate surface area is 109 Å². The Bertz CT molecular complexity index is 440. The first-order valence-electron chi connectivity index (χ1n) is 6.53. The van der Waals surface area contributed by atoms with Crippen LogP contribution in [-0.4, -0.2) is 24.5 Å². The van der Waals surface area contributed by atoms with E-state index in [0.717, 1.165) is 25.3 Å². The molecule has 98 valence electrons. The van der Waals surface area contributed by atoms with Crippen LogP contribution in [0, 0.1) is 5.92 Å². The van der Waals surface area contributed by atoms with Crippen molar-refractivity contribution in [3.8, 4) is 5.75 Å². The van der Waals surface area contributed by atoms with Crippen LogP contribution in [0.2, 0.25) is 0 Å². The first-order chi connectivity index (χ1) is 8.60. The molecular formula is C15H21NO2. The quantitative estimate of drug-likeness (QED) is 0.821. The second-order valence-corrected chi connectivity index (χ2v) is 5.30. The summed E-state index contributed by atoms with van der Waals surface area (Å²) >= 11 is 0. The SMILES string of the molecule is COc1ccc2c(c1)CCN(C(=O)CC(C)C)C2. The van der Waals surface area contributed by atoms with E-state index < -0.39 is 0 Å². The maximum Gasteiger partial charge on any atom is 0.223 e. The van der Waals surface area contributed by atoms with Crippen molar-refractivity contribution in [2.75, 3.05) is 13.7 Å². The van der Waals surface area contributed by atoms with Crippen molar-refractivity contribution in [1.29, 1.82) is 0 Å². The smallest absolute Gasteiger partial charge is 0.223 e. The number of fused-ring (bicyclic) bond motifs is 1. The molecule has 3 heteroatoms. The Balaban J connectivity index is 2.08. The number of methoxy groups -OCH3 is 1. The molecule has 1 aliphatic heterocycles. The summed E-state index contributed by atoms with van der Waals surface area (Å²) in [5, 5.41) is 0. The number of hydrogen-bond donors (Lipinski definition) is 0. The molecule has 0 saturated heterocycles. The van der Waals surface area contributed by atoms with Crippen molar-refractivity contribution in [3.05, 3.63) is 29.3 Å². The standard InChI is InChI=1S/C15H21NO2/c1-11(2)8-15(17)16-7-6-12-9-14(18-3)5-4-13(12)10-16/h4-5,9,11H,6-8,10H2,1-3H3. The van der Waals surface area contributed by atoms with Crippen LogP contribution in [0.25, 0.3) is 0 Å². The first kappa shape index (κ1) is 12.9. The van der Waals surface area contributed by atoms with Crippen LogP contribution < -0.4 is 4.74 Å². The Morgan fingerprint density at radius 1 is 1.39 bits per heavy atom. The summed E-state index contributed by atoms with van der Waals surface area (Å²) in [5.41, 5.74) is 2.56. The van der Waals surface area contributed by atoms with Crippen molar-refractivity contribution in [2.45, 2.75) is 33.2 Å². The second-order valence-electron chi connectivity index (χ2n) is 5.30. The number of carbonyl (C=O) groups is 1. The van der Waals surface area contributed by atoms with Gasteiger partial charge in [-0.25, -0.2) is 0 Å². The highest BCUT2D eigenvalue weighted by atomic mass is 16.5. The fraction of sp³-hybridized carbons (Fsp3) is 0.533. The zero-order valence-corrected chi connectivity index (χ0v) is 11.4. The van der Waals surface area contributed by atoms with E-state index in [-0.39, 0.29) is 5.91 Å². The third-order valence-electron chi connectivity index (χ3n) is 3.36. The molecule has 0 N–H and O–H groups in total. The third kappa shape index (κ3) is 2.84. The van der Waals surface area contributed by atoms with Gasteiger partial charge in [0, 0.05) is 19.5 Å². The average Bonchev–Trinajstić information content (AvgIpc) is 2.36. The minimum Gasteiger partial charge on any atom is -0.497 e. The van der Waals surface area contributed by atoms with Crippen LogP contribution >= 0.6 is 0 Å². The van der Waals surface area contributed by atoms with E-state index in [4.69, 9.17) is 4.74 Å². The van der Waals surface area contributed by atoms with Crippen LogP contribution in [-0.2, 0) is 17.8 Å². The Hall–Kier alpha value is -1.51. The van der Waals surface area contributed by atoms with Crippen LogP contribution in [0.15, 0.2) is 18.2 Å². The van der Waals surface area contributed by atoms with E-state index in [1.54, 1.807) is 7.11 Å². The predicted octanol–water partition coefficient (Wildman–Crippen LogP) is 2.63. The van der Waals surface area contributed by atoms with Crippen molar-refractivity contribution in [3.63, 3.8) is 0 Å². The number of ether oxygens (including phenoxy) is 1. The largest absolute Gasteiger partial charge is 0.497 e. The molecule has 2 rings (SSSR count). The van der Waals surface area contributed by atoms with Crippen LogP contribution in [0.3, 0.4) is 0 Å². The lowest BCUT2D eigenvalue weighted by Crippen LogP contribution is -2.36. The number of rotatable bonds is 3. The van der Waals surface area contributed by atoms with Crippen molar-refractivity contribution < 1.29 is 9.53 Å². The normalized spacial score (nSPS) is 14.6. The summed E-state index contributed by atoms with van der Waals surface area (Å²) in [6.07, 6.45) is 1.57. The summed E-state index contributed by atoms with van der Waals surface area (Å²) in [7, 11) is 1.68. The molecule has 0 aromatic heterocycles. The highest BCUT2D eigenvalue weighted by molar-refractivity contribution is 5.76. The van der Waals surface area contributed by atoms with Gasteiger partial charge in [-0.3, -0.25) is 4.79 Å². The molecule has 1 aromatic carbocycles. The molecule has 0 aliphatic carbocycles. The molecule has 1 aromatic rings. The molecule has 0 bridgehead atoms. The highest BCUT2D eigenvalue weighted by Crippen LogP contribution is 2.24. The minimum absolute atomic E-state index is 0.270. The zero-order chi connectivity index (χ0) is 13.1. The predicted molar refractivity (Wildman–Crippen MR) is 71.6 cm³/mol. The summed E-state index contributed by atoms with van der Waals surface area (Å²) < 4.78 is 5.23. The van der Waals surface area contributed by atoms with Crippen molar-refractivity contribution >= 4 is 5.91 Å². The van der Waals surface area contributed by atoms with E-state index in [9.17, 15) is 4.79 Å². The monoisotopic (exact) mass is 247 g/mol. The van der Waals surface area contributed by atoms with E-state index in [1.165, 1.54) is 11.1 Å². The highest BCUT2D eigenvalue weighted by Gasteiger charge is 2.21. The van der Waals surface area contributed by atoms with Gasteiger partial charge in [-0.2, -0.15) is 0 Å². The van der Waals surface area contributed by atoms with Gasteiger partial charge < -0.3 is 9.64 Å². The van der Waals surface area contributed by atoms with Gasteiger partial charge >= 0.3 is 0 Å². The molecule has 0 radical (unpaired) electrons.